The fourth-order valence-corrected chi connectivity index (χ4v) is 5.16. The molecule has 12 heteroatoms. The molecule has 0 aliphatic heterocycles. The van der Waals surface area contributed by atoms with Crippen molar-refractivity contribution in [1.82, 2.24) is 15.1 Å². The van der Waals surface area contributed by atoms with Crippen LogP contribution in [0.1, 0.15) is 82.2 Å². The Labute approximate surface area is 299 Å². The van der Waals surface area contributed by atoms with Gasteiger partial charge in [0.15, 0.2) is 5.78 Å². The summed E-state index contributed by atoms with van der Waals surface area (Å²) in [4.78, 5) is 28.2. The molecule has 0 spiro atoms. The number of urea groups is 1. The van der Waals surface area contributed by atoms with Crippen molar-refractivity contribution in [2.75, 3.05) is 45.6 Å². The van der Waals surface area contributed by atoms with Crippen molar-refractivity contribution in [3.8, 4) is 0 Å². The van der Waals surface area contributed by atoms with Crippen LogP contribution in [0.2, 0.25) is 0 Å². The standard InChI is InChI=1S/C24H28F6N2O.C13H20N2O.C2H6/c1-4-32(3)22(18-10-6-5-7-11-18)21(33)16-31(2)12-8-9-17-13-19(23(25,26)27)15-20(14-17)24(28,29)30;1-3-11(4-2)10-14-13(16)15-12-8-6-5-7-9-12;1-2/h5-7,10-11,13-15,22H,4,8-9,12,16H2,1-3H3;5-9,11H,3-4,10H2,1-2H3,(H2,14,15,16);1-2H3. The molecular formula is C39H54F6N4O2. The smallest absolute Gasteiger partial charge is 0.338 e. The summed E-state index contributed by atoms with van der Waals surface area (Å²) in [7, 11) is 3.56. The Bertz CT molecular complexity index is 1380. The van der Waals surface area contributed by atoms with E-state index in [1.807, 2.05) is 93.4 Å². The minimum absolute atomic E-state index is 0.0303. The number of hydrogen-bond donors (Lipinski definition) is 2. The molecule has 2 amide bonds. The Morgan fingerprint density at radius 1 is 0.765 bits per heavy atom. The molecule has 0 saturated carbocycles. The van der Waals surface area contributed by atoms with Crippen molar-refractivity contribution in [3.63, 3.8) is 0 Å². The van der Waals surface area contributed by atoms with E-state index in [9.17, 15) is 35.9 Å². The van der Waals surface area contributed by atoms with Gasteiger partial charge in [0.25, 0.3) is 0 Å². The number of para-hydroxylation sites is 1. The van der Waals surface area contributed by atoms with Gasteiger partial charge in [-0.25, -0.2) is 4.79 Å². The van der Waals surface area contributed by atoms with E-state index in [1.54, 1.807) is 11.9 Å². The molecule has 0 radical (unpaired) electrons. The predicted octanol–water partition coefficient (Wildman–Crippen LogP) is 10.1. The van der Waals surface area contributed by atoms with E-state index >= 15 is 0 Å². The lowest BCUT2D eigenvalue weighted by atomic mass is 10.00. The molecule has 3 aromatic carbocycles. The summed E-state index contributed by atoms with van der Waals surface area (Å²) >= 11 is 0. The summed E-state index contributed by atoms with van der Waals surface area (Å²) in [5.74, 6) is 0.535. The highest BCUT2D eigenvalue weighted by Crippen LogP contribution is 2.36. The Morgan fingerprint density at radius 2 is 1.27 bits per heavy atom. The van der Waals surface area contributed by atoms with Gasteiger partial charge >= 0.3 is 18.4 Å². The van der Waals surface area contributed by atoms with E-state index in [-0.39, 0.29) is 36.4 Å². The highest BCUT2D eigenvalue weighted by Gasteiger charge is 2.36. The zero-order valence-corrected chi connectivity index (χ0v) is 30.8. The molecule has 284 valence electrons. The maximum atomic E-state index is 13.0. The summed E-state index contributed by atoms with van der Waals surface area (Å²) in [6, 6.07) is 19.9. The lowest BCUT2D eigenvalue weighted by Crippen LogP contribution is -2.37. The topological polar surface area (TPSA) is 64.7 Å². The number of likely N-dealkylation sites (N-methyl/N-ethyl adjacent to an activating group) is 2. The van der Waals surface area contributed by atoms with Crippen LogP contribution in [0.15, 0.2) is 78.9 Å². The van der Waals surface area contributed by atoms with Crippen LogP contribution in [0.25, 0.3) is 0 Å². The Hall–Kier alpha value is -3.90. The van der Waals surface area contributed by atoms with Gasteiger partial charge in [-0.15, -0.1) is 0 Å². The van der Waals surface area contributed by atoms with E-state index in [4.69, 9.17) is 0 Å². The molecular weight excluding hydrogens is 670 g/mol. The molecule has 0 aromatic heterocycles. The number of anilines is 1. The van der Waals surface area contributed by atoms with Gasteiger partial charge in [-0.3, -0.25) is 14.6 Å². The molecule has 2 N–H and O–H groups in total. The van der Waals surface area contributed by atoms with Crippen molar-refractivity contribution in [1.29, 1.82) is 0 Å². The third-order valence-corrected chi connectivity index (χ3v) is 8.18. The Kier molecular flexibility index (Phi) is 20.2. The summed E-state index contributed by atoms with van der Waals surface area (Å²) < 4.78 is 78.1. The molecule has 1 atom stereocenters. The fraction of sp³-hybridized carbons (Fsp3) is 0.487. The number of carbonyl (C=O) groups is 2. The summed E-state index contributed by atoms with van der Waals surface area (Å²) in [5.41, 5.74) is -0.980. The fourth-order valence-electron chi connectivity index (χ4n) is 5.16. The molecule has 6 nitrogen and oxygen atoms in total. The van der Waals surface area contributed by atoms with Crippen molar-refractivity contribution in [2.24, 2.45) is 5.92 Å². The minimum atomic E-state index is -4.86. The number of halogens is 6. The number of amides is 2. The van der Waals surface area contributed by atoms with Gasteiger partial charge in [0.05, 0.1) is 23.7 Å². The number of aryl methyl sites for hydroxylation is 1. The second-order valence-electron chi connectivity index (χ2n) is 12.0. The highest BCUT2D eigenvalue weighted by atomic mass is 19.4. The maximum absolute atomic E-state index is 13.0. The minimum Gasteiger partial charge on any atom is -0.338 e. The maximum Gasteiger partial charge on any atom is 0.416 e. The number of rotatable bonds is 15. The van der Waals surface area contributed by atoms with Gasteiger partial charge in [0.2, 0.25) is 0 Å². The van der Waals surface area contributed by atoms with Gasteiger partial charge in [-0.05, 0) is 87.4 Å². The first-order chi connectivity index (χ1) is 24.1. The van der Waals surface area contributed by atoms with E-state index < -0.39 is 29.5 Å². The second-order valence-corrected chi connectivity index (χ2v) is 12.0. The number of ketones is 1. The molecule has 0 aliphatic rings. The van der Waals surface area contributed by atoms with Crippen LogP contribution in [0.5, 0.6) is 0 Å². The van der Waals surface area contributed by atoms with E-state index in [2.05, 4.69) is 24.5 Å². The zero-order valence-electron chi connectivity index (χ0n) is 30.8. The molecule has 0 aliphatic carbocycles. The molecule has 0 fully saturated rings. The normalized spacial score (nSPS) is 12.1. The van der Waals surface area contributed by atoms with Crippen molar-refractivity contribution in [2.45, 2.75) is 78.7 Å². The number of hydrogen-bond acceptors (Lipinski definition) is 4. The Balaban J connectivity index is 0.000000603. The molecule has 0 saturated heterocycles. The van der Waals surface area contributed by atoms with Crippen molar-refractivity contribution < 1.29 is 35.9 Å². The van der Waals surface area contributed by atoms with Crippen LogP contribution >= 0.6 is 0 Å². The third-order valence-electron chi connectivity index (χ3n) is 8.18. The average molecular weight is 725 g/mol. The lowest BCUT2D eigenvalue weighted by molar-refractivity contribution is -0.143. The number of benzene rings is 3. The second kappa shape index (κ2) is 22.8. The van der Waals surface area contributed by atoms with Gasteiger partial charge in [-0.2, -0.15) is 26.3 Å². The zero-order chi connectivity index (χ0) is 38.6. The van der Waals surface area contributed by atoms with Crippen LogP contribution in [0, 0.1) is 5.92 Å². The summed E-state index contributed by atoms with van der Waals surface area (Å²) in [5, 5.41) is 5.68. The first-order valence-corrected chi connectivity index (χ1v) is 17.4. The number of Topliss-reactive ketones (excluding diaryl/α,β-unsaturated/α-hetero) is 1. The Morgan fingerprint density at radius 3 is 1.75 bits per heavy atom. The quantitative estimate of drug-likeness (QED) is 0.153. The largest absolute Gasteiger partial charge is 0.416 e. The first kappa shape index (κ1) is 45.1. The van der Waals surface area contributed by atoms with E-state index in [0.717, 1.165) is 42.8 Å². The van der Waals surface area contributed by atoms with E-state index in [0.29, 0.717) is 25.4 Å². The van der Waals surface area contributed by atoms with Gasteiger partial charge < -0.3 is 10.6 Å². The highest BCUT2D eigenvalue weighted by molar-refractivity contribution is 5.89. The molecule has 3 rings (SSSR count). The van der Waals surface area contributed by atoms with Crippen LogP contribution in [-0.2, 0) is 23.6 Å². The molecule has 3 aromatic rings. The van der Waals surface area contributed by atoms with Gasteiger partial charge in [0, 0.05) is 12.2 Å². The summed E-state index contributed by atoms with van der Waals surface area (Å²) in [6.07, 6.45) is -7.19. The van der Waals surface area contributed by atoms with Crippen LogP contribution < -0.4 is 10.6 Å². The van der Waals surface area contributed by atoms with Gasteiger partial charge in [0.1, 0.15) is 0 Å². The first-order valence-electron chi connectivity index (χ1n) is 17.4. The van der Waals surface area contributed by atoms with Crippen LogP contribution in [0.4, 0.5) is 36.8 Å². The molecule has 51 heavy (non-hydrogen) atoms. The average Bonchev–Trinajstić information content (AvgIpc) is 3.10. The lowest BCUT2D eigenvalue weighted by Gasteiger charge is -2.28. The number of nitrogens with zero attached hydrogens (tertiary/aromatic N) is 2. The van der Waals surface area contributed by atoms with E-state index in [1.165, 1.54) is 0 Å². The van der Waals surface area contributed by atoms with Crippen molar-refractivity contribution >= 4 is 17.5 Å². The monoisotopic (exact) mass is 724 g/mol. The van der Waals surface area contributed by atoms with Crippen LogP contribution in [0.3, 0.4) is 0 Å². The predicted molar refractivity (Wildman–Crippen MR) is 194 cm³/mol. The SMILES string of the molecule is CC.CCC(CC)CNC(=O)Nc1ccccc1.CCN(C)C(C(=O)CN(C)CCCc1cc(C(F)(F)F)cc(C(F)(F)F)c1)c1ccccc1. The third kappa shape index (κ3) is 16.8. The number of nitrogens with one attached hydrogen (secondary N) is 2. The number of carbonyl (C=O) groups excluding carboxylic acids is 2. The summed E-state index contributed by atoms with van der Waals surface area (Å²) in [6.45, 7) is 12.1. The molecule has 0 heterocycles. The van der Waals surface area contributed by atoms with Crippen LogP contribution in [-0.4, -0.2) is 61.9 Å². The van der Waals surface area contributed by atoms with Gasteiger partial charge in [-0.1, -0.05) is 96.0 Å². The number of alkyl halides is 6. The molecule has 1 unspecified atom stereocenters. The molecule has 0 bridgehead atoms. The van der Waals surface area contributed by atoms with Crippen molar-refractivity contribution in [3.05, 3.63) is 101 Å².